The van der Waals surface area contributed by atoms with E-state index in [9.17, 15) is 9.59 Å². The van der Waals surface area contributed by atoms with Crippen LogP contribution in [0.4, 0.5) is 0 Å². The first-order valence-corrected chi connectivity index (χ1v) is 8.84. The molecular weight excluding hydrogens is 294 g/mol. The molecule has 0 rings (SSSR count). The van der Waals surface area contributed by atoms with Gasteiger partial charge < -0.3 is 23.0 Å². The second-order valence-corrected chi connectivity index (χ2v) is 6.07. The number of esters is 1. The quantitative estimate of drug-likeness (QED) is 0.349. The Bertz CT molecular complexity index is 331. The fraction of sp³-hybridized carbons (Fsp3) is 0.692. The zero-order valence-electron chi connectivity index (χ0n) is 13.1. The van der Waals surface area contributed by atoms with Crippen LogP contribution in [0, 0.1) is 0 Å². The van der Waals surface area contributed by atoms with Gasteiger partial charge in [-0.1, -0.05) is 6.92 Å². The van der Waals surface area contributed by atoms with E-state index in [0.29, 0.717) is 26.4 Å². The molecule has 0 heterocycles. The van der Waals surface area contributed by atoms with Crippen LogP contribution in [0.3, 0.4) is 0 Å². The molecule has 0 aromatic rings. The summed E-state index contributed by atoms with van der Waals surface area (Å²) in [7, 11) is -3.26. The molecule has 122 valence electrons. The molecule has 21 heavy (non-hydrogen) atoms. The van der Waals surface area contributed by atoms with E-state index in [0.717, 1.165) is 18.6 Å². The van der Waals surface area contributed by atoms with Crippen molar-refractivity contribution in [3.8, 4) is 0 Å². The summed E-state index contributed by atoms with van der Waals surface area (Å²) in [5.74, 6) is -1.09. The topological polar surface area (TPSA) is 83.1 Å². The van der Waals surface area contributed by atoms with Crippen molar-refractivity contribution in [3.05, 3.63) is 12.2 Å². The van der Waals surface area contributed by atoms with Crippen LogP contribution < -0.4 is 4.98 Å². The largest absolute Gasteiger partial charge is 0.633 e. The summed E-state index contributed by atoms with van der Waals surface area (Å²) in [5, 5.41) is 0. The molecule has 7 nitrogen and oxygen atoms in total. The van der Waals surface area contributed by atoms with E-state index in [4.69, 9.17) is 18.0 Å². The molecule has 8 heteroatoms. The molecule has 0 aliphatic heterocycles. The molecule has 0 atom stereocenters. The van der Waals surface area contributed by atoms with Gasteiger partial charge in [-0.25, -0.2) is 4.79 Å². The van der Waals surface area contributed by atoms with Crippen molar-refractivity contribution in [1.82, 2.24) is 4.98 Å². The lowest BCUT2D eigenvalue weighted by atomic mass is 10.5. The van der Waals surface area contributed by atoms with Gasteiger partial charge in [0.2, 0.25) is 5.91 Å². The average Bonchev–Trinajstić information content (AvgIpc) is 2.43. The monoisotopic (exact) mass is 319 g/mol. The molecule has 0 aromatic heterocycles. The Morgan fingerprint density at radius 3 is 1.90 bits per heavy atom. The summed E-state index contributed by atoms with van der Waals surface area (Å²) in [6, 6.07) is 0. The Labute approximate surface area is 127 Å². The van der Waals surface area contributed by atoms with Crippen LogP contribution in [0.5, 0.6) is 0 Å². The third-order valence-electron chi connectivity index (χ3n) is 2.10. The van der Waals surface area contributed by atoms with Crippen LogP contribution >= 0.6 is 0 Å². The van der Waals surface area contributed by atoms with E-state index in [2.05, 4.69) is 4.98 Å². The molecule has 0 aliphatic carbocycles. The van der Waals surface area contributed by atoms with E-state index >= 15 is 0 Å². The number of nitrogens with one attached hydrogen (secondary N) is 1. The fourth-order valence-electron chi connectivity index (χ4n) is 1.39. The SMILES string of the molecule is CCCOC(=O)/C=C\C(=O)N[Si](OCC)(OCC)OCC. The predicted octanol–water partition coefficient (Wildman–Crippen LogP) is 1.16. The summed E-state index contributed by atoms with van der Waals surface area (Å²) in [6.45, 7) is 8.58. The van der Waals surface area contributed by atoms with Crippen LogP contribution in [0.2, 0.25) is 0 Å². The zero-order valence-corrected chi connectivity index (χ0v) is 14.1. The summed E-state index contributed by atoms with van der Waals surface area (Å²) >= 11 is 0. The number of hydrogen-bond acceptors (Lipinski definition) is 6. The van der Waals surface area contributed by atoms with Crippen molar-refractivity contribution >= 4 is 20.8 Å². The fourth-order valence-corrected chi connectivity index (χ4v) is 3.38. The molecule has 0 unspecified atom stereocenters. The third-order valence-corrected chi connectivity index (χ3v) is 4.66. The molecule has 0 aromatic carbocycles. The van der Waals surface area contributed by atoms with Gasteiger partial charge in [0.1, 0.15) is 0 Å². The number of carbonyl (C=O) groups is 2. The number of ether oxygens (including phenoxy) is 1. The van der Waals surface area contributed by atoms with E-state index < -0.39 is 20.8 Å². The van der Waals surface area contributed by atoms with Crippen molar-refractivity contribution in [2.45, 2.75) is 34.1 Å². The second kappa shape index (κ2) is 11.4. The van der Waals surface area contributed by atoms with Crippen LogP contribution in [-0.4, -0.2) is 47.3 Å². The molecule has 0 saturated heterocycles. The van der Waals surface area contributed by atoms with Gasteiger partial charge in [0.05, 0.1) is 6.61 Å². The second-order valence-electron chi connectivity index (χ2n) is 3.85. The van der Waals surface area contributed by atoms with Crippen LogP contribution in [0.1, 0.15) is 34.1 Å². The molecule has 1 amide bonds. The summed E-state index contributed by atoms with van der Waals surface area (Å²) in [6.07, 6.45) is 2.87. The van der Waals surface area contributed by atoms with Crippen molar-refractivity contribution in [2.24, 2.45) is 0 Å². The third kappa shape index (κ3) is 8.61. The summed E-state index contributed by atoms with van der Waals surface area (Å²) in [4.78, 5) is 25.7. The van der Waals surface area contributed by atoms with E-state index in [1.165, 1.54) is 0 Å². The van der Waals surface area contributed by atoms with Crippen molar-refractivity contribution in [2.75, 3.05) is 26.4 Å². The van der Waals surface area contributed by atoms with E-state index in [-0.39, 0.29) is 0 Å². The highest BCUT2D eigenvalue weighted by molar-refractivity contribution is 6.61. The lowest BCUT2D eigenvalue weighted by molar-refractivity contribution is -0.138. The maximum atomic E-state index is 11.9. The van der Waals surface area contributed by atoms with Crippen molar-refractivity contribution in [3.63, 3.8) is 0 Å². The van der Waals surface area contributed by atoms with Crippen molar-refractivity contribution < 1.29 is 27.6 Å². The van der Waals surface area contributed by atoms with Crippen LogP contribution in [0.25, 0.3) is 0 Å². The van der Waals surface area contributed by atoms with Crippen LogP contribution in [0.15, 0.2) is 12.2 Å². The van der Waals surface area contributed by atoms with Crippen LogP contribution in [-0.2, 0) is 27.6 Å². The van der Waals surface area contributed by atoms with Gasteiger partial charge in [0, 0.05) is 32.0 Å². The molecule has 0 spiro atoms. The zero-order chi connectivity index (χ0) is 16.1. The number of rotatable bonds is 11. The standard InChI is InChI=1S/C13H25NO6Si/c1-5-11-17-13(16)10-9-12(15)14-21(18-6-2,19-7-3)20-8-4/h9-10H,5-8,11H2,1-4H3,(H,14,15)/b10-9-. The highest BCUT2D eigenvalue weighted by atomic mass is 28.4. The Balaban J connectivity index is 4.64. The maximum Gasteiger partial charge on any atom is 0.633 e. The Morgan fingerprint density at radius 1 is 0.952 bits per heavy atom. The van der Waals surface area contributed by atoms with Gasteiger partial charge >= 0.3 is 14.9 Å². The van der Waals surface area contributed by atoms with E-state index in [1.54, 1.807) is 20.8 Å². The highest BCUT2D eigenvalue weighted by Gasteiger charge is 2.43. The van der Waals surface area contributed by atoms with Gasteiger partial charge in [-0.2, -0.15) is 0 Å². The first-order valence-electron chi connectivity index (χ1n) is 7.12. The molecule has 0 fully saturated rings. The van der Waals surface area contributed by atoms with E-state index in [1.807, 2.05) is 6.92 Å². The normalized spacial score (nSPS) is 11.6. The molecule has 0 saturated carbocycles. The minimum atomic E-state index is -3.26. The summed E-state index contributed by atoms with van der Waals surface area (Å²) in [5.41, 5.74) is 0. The number of hydrogen-bond donors (Lipinski definition) is 1. The van der Waals surface area contributed by atoms with Gasteiger partial charge in [-0.3, -0.25) is 4.79 Å². The Morgan fingerprint density at radius 2 is 1.48 bits per heavy atom. The molecule has 1 N–H and O–H groups in total. The van der Waals surface area contributed by atoms with Gasteiger partial charge in [-0.15, -0.1) is 0 Å². The maximum absolute atomic E-state index is 11.9. The average molecular weight is 319 g/mol. The van der Waals surface area contributed by atoms with Crippen molar-refractivity contribution in [1.29, 1.82) is 0 Å². The smallest absolute Gasteiger partial charge is 0.463 e. The molecular formula is C13H25NO6Si. The number of carbonyl (C=O) groups excluding carboxylic acids is 2. The van der Waals surface area contributed by atoms with Gasteiger partial charge in [0.25, 0.3) is 0 Å². The Hall–Kier alpha value is -1.22. The molecule has 0 bridgehead atoms. The number of amides is 1. The predicted molar refractivity (Wildman–Crippen MR) is 79.2 cm³/mol. The molecule has 0 aliphatic rings. The lowest BCUT2D eigenvalue weighted by Crippen LogP contribution is -2.60. The first kappa shape index (κ1) is 19.8. The minimum absolute atomic E-state index is 0.320. The highest BCUT2D eigenvalue weighted by Crippen LogP contribution is 2.06. The molecule has 0 radical (unpaired) electrons. The Kier molecular flexibility index (Phi) is 10.8. The minimum Gasteiger partial charge on any atom is -0.463 e. The lowest BCUT2D eigenvalue weighted by Gasteiger charge is -2.27. The summed E-state index contributed by atoms with van der Waals surface area (Å²) < 4.78 is 21.2. The first-order chi connectivity index (χ1) is 10.0. The van der Waals surface area contributed by atoms with Gasteiger partial charge in [-0.05, 0) is 27.2 Å². The van der Waals surface area contributed by atoms with Gasteiger partial charge in [0.15, 0.2) is 0 Å².